The van der Waals surface area contributed by atoms with Crippen LogP contribution in [0.25, 0.3) is 0 Å². The van der Waals surface area contributed by atoms with Crippen molar-refractivity contribution in [2.24, 2.45) is 17.8 Å². The highest BCUT2D eigenvalue weighted by Crippen LogP contribution is 2.55. The number of nitrogens with zero attached hydrogens (tertiary/aromatic N) is 1. The number of hydrogen-bond donors (Lipinski definition) is 3. The summed E-state index contributed by atoms with van der Waals surface area (Å²) < 4.78 is 0. The predicted molar refractivity (Wildman–Crippen MR) is 103 cm³/mol. The summed E-state index contributed by atoms with van der Waals surface area (Å²) in [7, 11) is 1.97. The first-order chi connectivity index (χ1) is 12.0. The highest BCUT2D eigenvalue weighted by molar-refractivity contribution is 5.95. The maximum absolute atomic E-state index is 12.4. The number of imide groups is 1. The molecule has 0 radical (unpaired) electrons. The Morgan fingerprint density at radius 3 is 2.27 bits per heavy atom. The Morgan fingerprint density at radius 2 is 1.69 bits per heavy atom. The van der Waals surface area contributed by atoms with Crippen LogP contribution in [-0.4, -0.2) is 55.1 Å². The molecular formula is C19H33ClN4O2. The number of likely N-dealkylation sites (N-methyl/N-ethyl adjacent to an activating group) is 1. The number of hydrogen-bond acceptors (Lipinski definition) is 4. The molecule has 26 heavy (non-hydrogen) atoms. The van der Waals surface area contributed by atoms with Crippen molar-refractivity contribution < 1.29 is 9.59 Å². The SMILES string of the molecule is CNC1CCCN(CC(=O)NC(=O)NC23CC4CC(CC(C4)C2)C3)C1.Cl. The number of carbonyl (C=O) groups is 2. The molecule has 5 rings (SSSR count). The number of halogens is 1. The molecule has 4 bridgehead atoms. The van der Waals surface area contributed by atoms with Gasteiger partial charge in [0.2, 0.25) is 5.91 Å². The van der Waals surface area contributed by atoms with Crippen molar-refractivity contribution in [2.75, 3.05) is 26.7 Å². The van der Waals surface area contributed by atoms with Crippen molar-refractivity contribution in [3.8, 4) is 0 Å². The van der Waals surface area contributed by atoms with Crippen molar-refractivity contribution in [1.29, 1.82) is 0 Å². The third kappa shape index (κ3) is 4.34. The van der Waals surface area contributed by atoms with Crippen LogP contribution < -0.4 is 16.0 Å². The summed E-state index contributed by atoms with van der Waals surface area (Å²) in [6, 6.07) is 0.163. The fraction of sp³-hybridized carbons (Fsp3) is 0.895. The Balaban J connectivity index is 0.00000196. The molecule has 148 valence electrons. The standard InChI is InChI=1S/C19H32N4O2.ClH/c1-20-16-3-2-4-23(11-16)12-17(24)21-18(25)22-19-8-13-5-14(9-19)7-15(6-13)10-19;/h13-16,20H,2-12H2,1H3,(H2,21,22,24,25);1H. The lowest BCUT2D eigenvalue weighted by Crippen LogP contribution is -2.62. The van der Waals surface area contributed by atoms with E-state index in [0.29, 0.717) is 12.6 Å². The highest BCUT2D eigenvalue weighted by atomic mass is 35.5. The van der Waals surface area contributed by atoms with Crippen LogP contribution in [0, 0.1) is 17.8 Å². The molecule has 3 amide bonds. The molecule has 1 atom stereocenters. The number of nitrogens with one attached hydrogen (secondary N) is 3. The van der Waals surface area contributed by atoms with Crippen molar-refractivity contribution in [3.63, 3.8) is 0 Å². The summed E-state index contributed by atoms with van der Waals surface area (Å²) in [4.78, 5) is 26.8. The van der Waals surface area contributed by atoms with Crippen molar-refractivity contribution in [3.05, 3.63) is 0 Å². The summed E-state index contributed by atoms with van der Waals surface area (Å²) in [5, 5.41) is 9.08. The summed E-state index contributed by atoms with van der Waals surface area (Å²) in [6.45, 7) is 2.12. The molecule has 6 nitrogen and oxygen atoms in total. The largest absolute Gasteiger partial charge is 0.332 e. The quantitative estimate of drug-likeness (QED) is 0.692. The maximum atomic E-state index is 12.4. The summed E-state index contributed by atoms with van der Waals surface area (Å²) in [5.41, 5.74) is -0.0402. The number of urea groups is 1. The van der Waals surface area contributed by atoms with Gasteiger partial charge < -0.3 is 10.6 Å². The fourth-order valence-electron chi connectivity index (χ4n) is 6.34. The van der Waals surface area contributed by atoms with Gasteiger partial charge in [0.15, 0.2) is 0 Å². The summed E-state index contributed by atoms with van der Waals surface area (Å²) in [5.74, 6) is 2.18. The Bertz CT molecular complexity index is 506. The third-order valence-corrected chi connectivity index (χ3v) is 6.95. The third-order valence-electron chi connectivity index (χ3n) is 6.95. The van der Waals surface area contributed by atoms with E-state index in [2.05, 4.69) is 20.9 Å². The predicted octanol–water partition coefficient (Wildman–Crippen LogP) is 1.89. The number of carbonyl (C=O) groups excluding carboxylic acids is 2. The first-order valence-electron chi connectivity index (χ1n) is 10.1. The van der Waals surface area contributed by atoms with Gasteiger partial charge in [0.25, 0.3) is 0 Å². The van der Waals surface area contributed by atoms with Crippen LogP contribution in [0.4, 0.5) is 4.79 Å². The Kier molecular flexibility index (Phi) is 6.14. The monoisotopic (exact) mass is 384 g/mol. The second-order valence-electron chi connectivity index (χ2n) is 9.06. The smallest absolute Gasteiger partial charge is 0.321 e. The lowest BCUT2D eigenvalue weighted by atomic mass is 9.53. The molecule has 5 aliphatic rings. The number of likely N-dealkylation sites (tertiary alicyclic amines) is 1. The molecule has 1 saturated heterocycles. The van der Waals surface area contributed by atoms with E-state index in [1.807, 2.05) is 7.05 Å². The Hall–Kier alpha value is -0.850. The first-order valence-corrected chi connectivity index (χ1v) is 10.1. The van der Waals surface area contributed by atoms with E-state index >= 15 is 0 Å². The van der Waals surface area contributed by atoms with Gasteiger partial charge in [-0.2, -0.15) is 0 Å². The summed E-state index contributed by atoms with van der Waals surface area (Å²) in [6.07, 6.45) is 9.62. The van der Waals surface area contributed by atoms with Crippen LogP contribution in [0.5, 0.6) is 0 Å². The maximum Gasteiger partial charge on any atom is 0.321 e. The van der Waals surface area contributed by atoms with Gasteiger partial charge in [-0.3, -0.25) is 15.0 Å². The second-order valence-corrected chi connectivity index (χ2v) is 9.06. The van der Waals surface area contributed by atoms with Gasteiger partial charge in [-0.25, -0.2) is 4.79 Å². The first kappa shape index (κ1) is 19.9. The molecule has 0 aromatic rings. The molecule has 0 aromatic heterocycles. The van der Waals surface area contributed by atoms with Gasteiger partial charge >= 0.3 is 6.03 Å². The second kappa shape index (κ2) is 8.03. The lowest BCUT2D eigenvalue weighted by molar-refractivity contribution is -0.121. The van der Waals surface area contributed by atoms with Crippen LogP contribution in [-0.2, 0) is 4.79 Å². The molecule has 1 unspecified atom stereocenters. The minimum Gasteiger partial charge on any atom is -0.332 e. The van der Waals surface area contributed by atoms with Crippen LogP contribution in [0.1, 0.15) is 51.4 Å². The zero-order chi connectivity index (χ0) is 17.4. The zero-order valence-corrected chi connectivity index (χ0v) is 16.6. The van der Waals surface area contributed by atoms with E-state index in [0.717, 1.165) is 62.9 Å². The minimum atomic E-state index is -0.283. The lowest BCUT2D eigenvalue weighted by Gasteiger charge is -2.56. The van der Waals surface area contributed by atoms with Gasteiger partial charge in [-0.1, -0.05) is 0 Å². The molecule has 5 fully saturated rings. The van der Waals surface area contributed by atoms with E-state index in [1.54, 1.807) is 0 Å². The van der Waals surface area contributed by atoms with E-state index in [4.69, 9.17) is 0 Å². The topological polar surface area (TPSA) is 73.5 Å². The normalized spacial score (nSPS) is 38.5. The van der Waals surface area contributed by atoms with E-state index in [1.165, 1.54) is 19.3 Å². The molecule has 7 heteroatoms. The Labute approximate surface area is 162 Å². The van der Waals surface area contributed by atoms with Crippen molar-refractivity contribution >= 4 is 24.3 Å². The van der Waals surface area contributed by atoms with Gasteiger partial charge in [-0.15, -0.1) is 12.4 Å². The van der Waals surface area contributed by atoms with Crippen LogP contribution >= 0.6 is 12.4 Å². The van der Waals surface area contributed by atoms with Crippen molar-refractivity contribution in [1.82, 2.24) is 20.9 Å². The molecular weight excluding hydrogens is 352 g/mol. The van der Waals surface area contributed by atoms with E-state index in [-0.39, 0.29) is 29.9 Å². The number of piperidine rings is 1. The molecule has 1 heterocycles. The van der Waals surface area contributed by atoms with Gasteiger partial charge in [0, 0.05) is 18.1 Å². The molecule has 3 N–H and O–H groups in total. The molecule has 1 aliphatic heterocycles. The number of amides is 3. The van der Waals surface area contributed by atoms with Gasteiger partial charge in [0.1, 0.15) is 0 Å². The van der Waals surface area contributed by atoms with Gasteiger partial charge in [-0.05, 0) is 82.7 Å². The fourth-order valence-corrected chi connectivity index (χ4v) is 6.34. The van der Waals surface area contributed by atoms with Crippen molar-refractivity contribution in [2.45, 2.75) is 62.9 Å². The highest BCUT2D eigenvalue weighted by Gasteiger charge is 2.51. The van der Waals surface area contributed by atoms with Crippen LogP contribution in [0.2, 0.25) is 0 Å². The molecule has 4 saturated carbocycles. The van der Waals surface area contributed by atoms with E-state index in [9.17, 15) is 9.59 Å². The van der Waals surface area contributed by atoms with Crippen LogP contribution in [0.3, 0.4) is 0 Å². The van der Waals surface area contributed by atoms with Crippen LogP contribution in [0.15, 0.2) is 0 Å². The number of rotatable bonds is 4. The Morgan fingerprint density at radius 1 is 1.08 bits per heavy atom. The van der Waals surface area contributed by atoms with E-state index < -0.39 is 0 Å². The van der Waals surface area contributed by atoms with Gasteiger partial charge in [0.05, 0.1) is 6.54 Å². The zero-order valence-electron chi connectivity index (χ0n) is 15.8. The molecule has 0 aromatic carbocycles. The summed E-state index contributed by atoms with van der Waals surface area (Å²) >= 11 is 0. The average Bonchev–Trinajstić information content (AvgIpc) is 2.52. The molecule has 4 aliphatic carbocycles. The molecule has 0 spiro atoms. The average molecular weight is 385 g/mol. The minimum absolute atomic E-state index is 0.